The molecular formula is C16H15ClN2O3. The van der Waals surface area contributed by atoms with Crippen molar-refractivity contribution in [2.75, 3.05) is 5.32 Å². The molecule has 6 heteroatoms. The van der Waals surface area contributed by atoms with E-state index in [9.17, 15) is 14.9 Å². The minimum atomic E-state index is -0.579. The molecule has 0 atom stereocenters. The van der Waals surface area contributed by atoms with Gasteiger partial charge in [-0.1, -0.05) is 41.4 Å². The smallest absolute Gasteiger partial charge is 0.289 e. The van der Waals surface area contributed by atoms with Crippen molar-refractivity contribution in [2.24, 2.45) is 0 Å². The van der Waals surface area contributed by atoms with Crippen molar-refractivity contribution in [1.82, 2.24) is 0 Å². The van der Waals surface area contributed by atoms with Crippen molar-refractivity contribution >= 4 is 28.9 Å². The predicted octanol–water partition coefficient (Wildman–Crippen LogP) is 4.13. The first kappa shape index (κ1) is 16.0. The van der Waals surface area contributed by atoms with E-state index >= 15 is 0 Å². The van der Waals surface area contributed by atoms with Crippen molar-refractivity contribution in [3.63, 3.8) is 0 Å². The van der Waals surface area contributed by atoms with Gasteiger partial charge in [0.05, 0.1) is 4.92 Å². The van der Waals surface area contributed by atoms with Crippen LogP contribution >= 0.6 is 11.6 Å². The fraction of sp³-hybridized carbons (Fsp3) is 0.188. The summed E-state index contributed by atoms with van der Waals surface area (Å²) in [5.41, 5.74) is 2.38. The summed E-state index contributed by atoms with van der Waals surface area (Å²) in [6, 6.07) is 12.2. The van der Waals surface area contributed by atoms with Crippen LogP contribution in [0.25, 0.3) is 0 Å². The maximum Gasteiger partial charge on any atom is 0.289 e. The predicted molar refractivity (Wildman–Crippen MR) is 86.2 cm³/mol. The summed E-state index contributed by atoms with van der Waals surface area (Å²) in [6.07, 6.45) is 0.918. The second kappa shape index (κ2) is 7.04. The van der Waals surface area contributed by atoms with Gasteiger partial charge in [0, 0.05) is 18.2 Å². The summed E-state index contributed by atoms with van der Waals surface area (Å²) in [5.74, 6) is -0.197. The fourth-order valence-electron chi connectivity index (χ4n) is 1.97. The molecule has 2 aromatic rings. The average Bonchev–Trinajstić information content (AvgIpc) is 2.48. The zero-order chi connectivity index (χ0) is 16.1. The normalized spacial score (nSPS) is 10.3. The van der Waals surface area contributed by atoms with Crippen LogP contribution in [0.4, 0.5) is 11.4 Å². The summed E-state index contributed by atoms with van der Waals surface area (Å²) >= 11 is 5.73. The number of nitro groups is 1. The molecule has 0 bridgehead atoms. The molecular weight excluding hydrogens is 304 g/mol. The standard InChI is InChI=1S/C16H15ClN2O3/c1-11-2-4-12(5-3-11)6-9-16(20)18-13-7-8-14(17)15(10-13)19(21)22/h2-5,7-8,10H,6,9H2,1H3,(H,18,20). The van der Waals surface area contributed by atoms with E-state index < -0.39 is 4.92 Å². The number of nitro benzene ring substituents is 1. The topological polar surface area (TPSA) is 72.2 Å². The van der Waals surface area contributed by atoms with Crippen LogP contribution in [-0.4, -0.2) is 10.8 Å². The molecule has 114 valence electrons. The van der Waals surface area contributed by atoms with Crippen molar-refractivity contribution in [3.05, 3.63) is 68.7 Å². The quantitative estimate of drug-likeness (QED) is 0.665. The zero-order valence-corrected chi connectivity index (χ0v) is 12.8. The van der Waals surface area contributed by atoms with E-state index in [2.05, 4.69) is 5.32 Å². The Morgan fingerprint density at radius 1 is 1.23 bits per heavy atom. The van der Waals surface area contributed by atoms with Gasteiger partial charge in [0.15, 0.2) is 0 Å². The summed E-state index contributed by atoms with van der Waals surface area (Å²) < 4.78 is 0. The Morgan fingerprint density at radius 2 is 1.91 bits per heavy atom. The molecule has 0 spiro atoms. The van der Waals surface area contributed by atoms with Gasteiger partial charge in [0.25, 0.3) is 5.69 Å². The molecule has 0 fully saturated rings. The van der Waals surface area contributed by atoms with Crippen LogP contribution in [0.3, 0.4) is 0 Å². The van der Waals surface area contributed by atoms with Gasteiger partial charge in [-0.05, 0) is 31.0 Å². The number of amides is 1. The van der Waals surface area contributed by atoms with Gasteiger partial charge in [-0.25, -0.2) is 0 Å². The average molecular weight is 319 g/mol. The molecule has 0 heterocycles. The minimum Gasteiger partial charge on any atom is -0.326 e. The second-order valence-corrected chi connectivity index (χ2v) is 5.36. The number of hydrogen-bond donors (Lipinski definition) is 1. The van der Waals surface area contributed by atoms with Crippen LogP contribution in [-0.2, 0) is 11.2 Å². The Morgan fingerprint density at radius 3 is 2.55 bits per heavy atom. The number of hydrogen-bond acceptors (Lipinski definition) is 3. The van der Waals surface area contributed by atoms with Crippen LogP contribution < -0.4 is 5.32 Å². The molecule has 0 saturated carbocycles. The van der Waals surface area contributed by atoms with Gasteiger partial charge in [-0.3, -0.25) is 14.9 Å². The highest BCUT2D eigenvalue weighted by atomic mass is 35.5. The number of anilines is 1. The number of aryl methyl sites for hydroxylation is 2. The number of benzene rings is 2. The lowest BCUT2D eigenvalue weighted by molar-refractivity contribution is -0.384. The maximum absolute atomic E-state index is 11.9. The first-order chi connectivity index (χ1) is 10.5. The lowest BCUT2D eigenvalue weighted by Gasteiger charge is -2.06. The molecule has 1 amide bonds. The highest BCUT2D eigenvalue weighted by molar-refractivity contribution is 6.32. The highest BCUT2D eigenvalue weighted by Crippen LogP contribution is 2.27. The first-order valence-corrected chi connectivity index (χ1v) is 7.13. The Kier molecular flexibility index (Phi) is 5.12. The van der Waals surface area contributed by atoms with Gasteiger partial charge < -0.3 is 5.32 Å². The fourth-order valence-corrected chi connectivity index (χ4v) is 2.15. The van der Waals surface area contributed by atoms with E-state index in [0.29, 0.717) is 18.5 Å². The van der Waals surface area contributed by atoms with Crippen molar-refractivity contribution in [1.29, 1.82) is 0 Å². The Labute approximate surface area is 133 Å². The Hall–Kier alpha value is -2.40. The molecule has 0 aromatic heterocycles. The van der Waals surface area contributed by atoms with Crippen molar-refractivity contribution in [3.8, 4) is 0 Å². The molecule has 1 N–H and O–H groups in total. The summed E-state index contributed by atoms with van der Waals surface area (Å²) in [4.78, 5) is 22.1. The van der Waals surface area contributed by atoms with Crippen LogP contribution in [0.2, 0.25) is 5.02 Å². The van der Waals surface area contributed by atoms with Crippen LogP contribution in [0.1, 0.15) is 17.5 Å². The molecule has 0 unspecified atom stereocenters. The third kappa shape index (κ3) is 4.30. The number of rotatable bonds is 5. The number of carbonyl (C=O) groups excluding carboxylic acids is 1. The van der Waals surface area contributed by atoms with Crippen LogP contribution in [0.15, 0.2) is 42.5 Å². The summed E-state index contributed by atoms with van der Waals surface area (Å²) in [5, 5.41) is 13.5. The number of halogens is 1. The first-order valence-electron chi connectivity index (χ1n) is 6.75. The lowest BCUT2D eigenvalue weighted by Crippen LogP contribution is -2.12. The molecule has 22 heavy (non-hydrogen) atoms. The summed E-state index contributed by atoms with van der Waals surface area (Å²) in [6.45, 7) is 2.00. The molecule has 0 aliphatic carbocycles. The van der Waals surface area contributed by atoms with E-state index in [1.807, 2.05) is 31.2 Å². The van der Waals surface area contributed by atoms with E-state index in [4.69, 9.17) is 11.6 Å². The van der Waals surface area contributed by atoms with Gasteiger partial charge in [0.2, 0.25) is 5.91 Å². The van der Waals surface area contributed by atoms with Gasteiger partial charge in [0.1, 0.15) is 5.02 Å². The molecule has 2 rings (SSSR count). The third-order valence-corrected chi connectivity index (χ3v) is 3.51. The van der Waals surface area contributed by atoms with Gasteiger partial charge in [-0.2, -0.15) is 0 Å². The van der Waals surface area contributed by atoms with E-state index in [1.165, 1.54) is 17.7 Å². The van der Waals surface area contributed by atoms with E-state index in [0.717, 1.165) is 5.56 Å². The maximum atomic E-state index is 11.9. The molecule has 0 saturated heterocycles. The second-order valence-electron chi connectivity index (χ2n) is 4.96. The minimum absolute atomic E-state index is 0.0441. The van der Waals surface area contributed by atoms with Crippen molar-refractivity contribution < 1.29 is 9.72 Å². The number of nitrogens with zero attached hydrogens (tertiary/aromatic N) is 1. The largest absolute Gasteiger partial charge is 0.326 e. The van der Waals surface area contributed by atoms with Crippen LogP contribution in [0, 0.1) is 17.0 Å². The number of carbonyl (C=O) groups is 1. The monoisotopic (exact) mass is 318 g/mol. The Bertz CT molecular complexity index is 699. The van der Waals surface area contributed by atoms with E-state index in [-0.39, 0.29) is 16.6 Å². The third-order valence-electron chi connectivity index (χ3n) is 3.19. The van der Waals surface area contributed by atoms with E-state index in [1.54, 1.807) is 6.07 Å². The lowest BCUT2D eigenvalue weighted by atomic mass is 10.1. The van der Waals surface area contributed by atoms with Gasteiger partial charge >= 0.3 is 0 Å². The molecule has 5 nitrogen and oxygen atoms in total. The SMILES string of the molecule is Cc1ccc(CCC(=O)Nc2ccc(Cl)c([N+](=O)[O-])c2)cc1. The van der Waals surface area contributed by atoms with Gasteiger partial charge in [-0.15, -0.1) is 0 Å². The molecule has 0 aliphatic heterocycles. The Balaban J connectivity index is 1.96. The molecule has 0 aliphatic rings. The molecule has 2 aromatic carbocycles. The summed E-state index contributed by atoms with van der Waals surface area (Å²) in [7, 11) is 0. The van der Waals surface area contributed by atoms with Crippen LogP contribution in [0.5, 0.6) is 0 Å². The highest BCUT2D eigenvalue weighted by Gasteiger charge is 2.13. The molecule has 0 radical (unpaired) electrons. The number of nitrogens with one attached hydrogen (secondary N) is 1. The van der Waals surface area contributed by atoms with Crippen molar-refractivity contribution in [2.45, 2.75) is 19.8 Å². The zero-order valence-electron chi connectivity index (χ0n) is 12.0.